The molecule has 6 aliphatic rings. The lowest BCUT2D eigenvalue weighted by molar-refractivity contribution is 0.353. The number of fused-ring (bicyclic) bond motifs is 15. The summed E-state index contributed by atoms with van der Waals surface area (Å²) >= 11 is 0. The lowest BCUT2D eigenvalue weighted by atomic mass is 9.67. The van der Waals surface area contributed by atoms with Crippen LogP contribution in [0.15, 0.2) is 473 Å². The average molecular weight is 1850 g/mol. The Balaban J connectivity index is 0.000000116. The molecule has 27 rings (SSSR count). The third-order valence-electron chi connectivity index (χ3n) is 31.6. The van der Waals surface area contributed by atoms with E-state index in [0.29, 0.717) is 5.82 Å². The third kappa shape index (κ3) is 16.6. The molecule has 0 unspecified atom stereocenters. The summed E-state index contributed by atoms with van der Waals surface area (Å²) in [5.41, 5.74) is 48.0. The molecule has 3 fully saturated rings. The molecule has 3 spiro atoms. The van der Waals surface area contributed by atoms with E-state index < -0.39 is 0 Å². The van der Waals surface area contributed by atoms with Crippen molar-refractivity contribution in [2.45, 2.75) is 113 Å². The van der Waals surface area contributed by atoms with E-state index in [9.17, 15) is 0 Å². The molecule has 0 radical (unpaired) electrons. The van der Waals surface area contributed by atoms with Gasteiger partial charge < -0.3 is 0 Å². The summed E-state index contributed by atoms with van der Waals surface area (Å²) in [6, 6.07) is 170. The SMILES string of the molecule is c1ccc(-c2cc(-c3ccccc3)nc(-c3ccc(-c4cccc5c4-c4ccccc4C54CCCCC4)cc3)n2)cc1.c1ccc(-c2cc(-c3ccccc3)nc(-c3ccccc3-c3cccc4c3-c3ccccc3C43CCCCC3)n2)cc1.c1ccc(-c2ccc(-c3cc(-c4ccccc4)nc(-c4ccc(-c5ccc(-c6ccc(-c7cccc8c7-c7ccccc7C87CCCCC7)cc6)cc5)cc4)n3)cc2)cc1. The minimum absolute atomic E-state index is 0.124. The zero-order chi connectivity index (χ0) is 95.8. The van der Waals surface area contributed by atoms with Gasteiger partial charge in [-0.25, -0.2) is 29.9 Å². The van der Waals surface area contributed by atoms with E-state index in [1.807, 2.05) is 36.4 Å². The number of aromatic nitrogens is 6. The molecule has 21 aromatic rings. The second-order valence-corrected chi connectivity index (χ2v) is 39.8. The summed E-state index contributed by atoms with van der Waals surface area (Å²) in [7, 11) is 0. The largest absolute Gasteiger partial charge is 0.228 e. The van der Waals surface area contributed by atoms with Crippen molar-refractivity contribution < 1.29 is 0 Å². The minimum Gasteiger partial charge on any atom is -0.228 e. The first kappa shape index (κ1) is 88.6. The van der Waals surface area contributed by atoms with Gasteiger partial charge in [-0.15, -0.1) is 0 Å². The van der Waals surface area contributed by atoms with Crippen LogP contribution in [0.5, 0.6) is 0 Å². The van der Waals surface area contributed by atoms with Crippen molar-refractivity contribution in [2.75, 3.05) is 0 Å². The quantitative estimate of drug-likeness (QED) is 0.102. The summed E-state index contributed by atoms with van der Waals surface area (Å²) in [6.45, 7) is 0. The molecule has 0 amide bonds. The lowest BCUT2D eigenvalue weighted by Crippen LogP contribution is -2.27. The van der Waals surface area contributed by atoms with Gasteiger partial charge in [0.1, 0.15) is 0 Å². The summed E-state index contributed by atoms with van der Waals surface area (Å²) in [4.78, 5) is 30.6. The van der Waals surface area contributed by atoms with Crippen molar-refractivity contribution in [1.29, 1.82) is 0 Å². The minimum atomic E-state index is 0.124. The first-order chi connectivity index (χ1) is 71.3. The van der Waals surface area contributed by atoms with Gasteiger partial charge in [0.2, 0.25) is 0 Å². The molecule has 6 aliphatic carbocycles. The Kier molecular flexibility index (Phi) is 23.8. The van der Waals surface area contributed by atoms with E-state index >= 15 is 0 Å². The zero-order valence-electron chi connectivity index (χ0n) is 80.8. The standard InChI is InChI=1S/C58H44N2.2C40H32N2/c1-4-13-40(14-5-1)41-27-33-48(34-28-41)55-39-54(47-15-6-2-7-16-47)59-57(60-55)49-35-29-45(30-36-49)43-23-21-42(22-24-43)44-25-31-46(32-26-44)50-18-12-20-53-56(50)51-17-8-9-19-52(51)58(53)37-10-3-11-38-58;1-4-15-28(16-5-1)36-27-37(29-17-6-2-7-18-29)42-39(41-36)32-20-9-8-19-30(32)31-22-14-24-35-38(31)33-21-10-11-23-34(33)40(35)25-12-3-13-26-40;1-4-13-29(14-5-1)36-27-37(30-15-6-2-7-16-30)42-39(41-36)31-23-21-28(22-24-31)32-18-12-20-35-38(32)33-17-8-9-19-34(33)40(35)25-10-3-11-26-40/h1-2,4-9,12-36,39H,3,10-11,37-38H2;1-2,4-11,14-24,27H,3,12-13,25-26H2;1-2,4-9,12-24,27H,3,10-11,25-26H2. The maximum absolute atomic E-state index is 5.20. The molecule has 0 atom stereocenters. The lowest BCUT2D eigenvalue weighted by Gasteiger charge is -2.36. The van der Waals surface area contributed by atoms with Crippen molar-refractivity contribution in [2.24, 2.45) is 0 Å². The molecule has 0 saturated heterocycles. The molecule has 0 N–H and O–H groups in total. The van der Waals surface area contributed by atoms with Crippen LogP contribution in [-0.2, 0) is 16.2 Å². The smallest absolute Gasteiger partial charge is 0.161 e. The van der Waals surface area contributed by atoms with E-state index in [1.54, 1.807) is 5.56 Å². The van der Waals surface area contributed by atoms with Gasteiger partial charge in [-0.3, -0.25) is 0 Å². The molecule has 18 aromatic carbocycles. The van der Waals surface area contributed by atoms with Gasteiger partial charge in [-0.2, -0.15) is 0 Å². The summed E-state index contributed by atoms with van der Waals surface area (Å²) in [5.74, 6) is 2.20. The van der Waals surface area contributed by atoms with Gasteiger partial charge in [0, 0.05) is 66.3 Å². The van der Waals surface area contributed by atoms with Crippen LogP contribution in [0.3, 0.4) is 0 Å². The first-order valence-electron chi connectivity index (χ1n) is 51.6. The Hall–Kier alpha value is -16.8. The fraction of sp³-hybridized carbons (Fsp3) is 0.130. The van der Waals surface area contributed by atoms with Crippen LogP contribution in [0.4, 0.5) is 0 Å². The topological polar surface area (TPSA) is 77.3 Å². The van der Waals surface area contributed by atoms with Gasteiger partial charge in [0.05, 0.1) is 34.2 Å². The highest BCUT2D eigenvalue weighted by Crippen LogP contribution is 2.62. The van der Waals surface area contributed by atoms with Crippen molar-refractivity contribution in [3.8, 4) is 202 Å². The average Bonchev–Trinajstić information content (AvgIpc) is 1.56. The second-order valence-electron chi connectivity index (χ2n) is 39.8. The van der Waals surface area contributed by atoms with Crippen LogP contribution in [0.1, 0.15) is 130 Å². The Labute approximate surface area is 844 Å². The molecule has 3 saturated carbocycles. The van der Waals surface area contributed by atoms with E-state index in [2.05, 4.69) is 437 Å². The van der Waals surface area contributed by atoms with Gasteiger partial charge in [-0.05, 0) is 190 Å². The monoisotopic (exact) mass is 1850 g/mol. The van der Waals surface area contributed by atoms with Crippen molar-refractivity contribution in [3.63, 3.8) is 0 Å². The fourth-order valence-corrected chi connectivity index (χ4v) is 24.6. The molecular weight excluding hydrogens is 1740 g/mol. The van der Waals surface area contributed by atoms with Crippen LogP contribution >= 0.6 is 0 Å². The summed E-state index contributed by atoms with van der Waals surface area (Å²) in [5, 5.41) is 0. The summed E-state index contributed by atoms with van der Waals surface area (Å²) < 4.78 is 0. The number of benzene rings is 18. The highest BCUT2D eigenvalue weighted by molar-refractivity contribution is 5.99. The Morgan fingerprint density at radius 3 is 0.618 bits per heavy atom. The highest BCUT2D eigenvalue weighted by Gasteiger charge is 2.48. The highest BCUT2D eigenvalue weighted by atomic mass is 14.9. The molecule has 6 nitrogen and oxygen atoms in total. The van der Waals surface area contributed by atoms with Crippen LogP contribution in [0.25, 0.3) is 202 Å². The van der Waals surface area contributed by atoms with E-state index in [0.717, 1.165) is 101 Å². The molecule has 690 valence electrons. The van der Waals surface area contributed by atoms with Crippen LogP contribution < -0.4 is 0 Å². The molecule has 0 aliphatic heterocycles. The summed E-state index contributed by atoms with van der Waals surface area (Å²) in [6.07, 6.45) is 19.3. The van der Waals surface area contributed by atoms with E-state index in [1.165, 1.54) is 219 Å². The molecule has 0 bridgehead atoms. The number of hydrogen-bond acceptors (Lipinski definition) is 6. The van der Waals surface area contributed by atoms with Crippen molar-refractivity contribution >= 4 is 0 Å². The molecule has 144 heavy (non-hydrogen) atoms. The van der Waals surface area contributed by atoms with Crippen LogP contribution in [0, 0.1) is 0 Å². The maximum Gasteiger partial charge on any atom is 0.161 e. The molecular formula is C138H108N6. The van der Waals surface area contributed by atoms with Crippen molar-refractivity contribution in [1.82, 2.24) is 29.9 Å². The fourth-order valence-electron chi connectivity index (χ4n) is 24.6. The Bertz CT molecular complexity index is 8140. The molecule has 3 aromatic heterocycles. The van der Waals surface area contributed by atoms with Crippen molar-refractivity contribution in [3.05, 3.63) is 507 Å². The maximum atomic E-state index is 5.20. The van der Waals surface area contributed by atoms with Gasteiger partial charge in [0.25, 0.3) is 0 Å². The number of nitrogens with zero attached hydrogens (tertiary/aromatic N) is 6. The van der Waals surface area contributed by atoms with E-state index in [4.69, 9.17) is 29.9 Å². The van der Waals surface area contributed by atoms with E-state index in [-0.39, 0.29) is 16.2 Å². The Morgan fingerprint density at radius 2 is 0.319 bits per heavy atom. The predicted octanol–water partition coefficient (Wildman–Crippen LogP) is 36.1. The second kappa shape index (κ2) is 38.7. The first-order valence-corrected chi connectivity index (χ1v) is 51.6. The van der Waals surface area contributed by atoms with Crippen LogP contribution in [0.2, 0.25) is 0 Å². The van der Waals surface area contributed by atoms with Crippen LogP contribution in [-0.4, -0.2) is 29.9 Å². The molecule has 6 heteroatoms. The molecule has 3 heterocycles. The normalized spacial score (nSPS) is 14.4. The third-order valence-corrected chi connectivity index (χ3v) is 31.6. The predicted molar refractivity (Wildman–Crippen MR) is 596 cm³/mol. The Morgan fingerprint density at radius 1 is 0.125 bits per heavy atom. The zero-order valence-corrected chi connectivity index (χ0v) is 80.8. The number of rotatable bonds is 15. The number of hydrogen-bond donors (Lipinski definition) is 0. The van der Waals surface area contributed by atoms with Gasteiger partial charge in [-0.1, -0.05) is 513 Å². The van der Waals surface area contributed by atoms with Gasteiger partial charge >= 0.3 is 0 Å². The van der Waals surface area contributed by atoms with Gasteiger partial charge in [0.15, 0.2) is 17.5 Å².